The minimum atomic E-state index is -1.47. The second-order valence-electron chi connectivity index (χ2n) is 9.53. The van der Waals surface area contributed by atoms with E-state index in [1.165, 1.54) is 0 Å². The first-order valence-electron chi connectivity index (χ1n) is 12.6. The van der Waals surface area contributed by atoms with Gasteiger partial charge in [-0.2, -0.15) is 0 Å². The van der Waals surface area contributed by atoms with E-state index < -0.39 is 17.5 Å². The van der Waals surface area contributed by atoms with Crippen molar-refractivity contribution in [1.29, 1.82) is 0 Å². The number of para-hydroxylation sites is 2. The van der Waals surface area contributed by atoms with Gasteiger partial charge in [-0.3, -0.25) is 4.98 Å². The molecule has 0 unspecified atom stereocenters. The summed E-state index contributed by atoms with van der Waals surface area (Å²) in [6.07, 6.45) is 1.77. The van der Waals surface area contributed by atoms with E-state index in [1.54, 1.807) is 18.3 Å². The molecule has 192 valence electrons. The lowest BCUT2D eigenvalue weighted by Crippen LogP contribution is -1.91. The number of hydrogen-bond donors (Lipinski definition) is 0. The summed E-state index contributed by atoms with van der Waals surface area (Å²) in [5, 5.41) is 2.14. The topological polar surface area (TPSA) is 38.9 Å². The van der Waals surface area contributed by atoms with Gasteiger partial charge in [-0.15, -0.1) is 0 Å². The number of halogens is 3. The van der Waals surface area contributed by atoms with E-state index in [0.29, 0.717) is 11.5 Å². The Balaban J connectivity index is 1.14. The van der Waals surface area contributed by atoms with E-state index in [9.17, 15) is 13.2 Å². The van der Waals surface area contributed by atoms with Crippen LogP contribution >= 0.6 is 0 Å². The average Bonchev–Trinajstić information content (AvgIpc) is 3.44. The van der Waals surface area contributed by atoms with Gasteiger partial charge in [-0.05, 0) is 81.6 Å². The molecule has 0 radical (unpaired) electrons. The SMILES string of the molecule is Fc1cc(-c2ccc(-c3ccc4cc(-c5ccc(-c6nc7ccccc7o6)cn5)ccc4c3)cc2)cc(F)c1F. The maximum Gasteiger partial charge on any atom is 0.228 e. The molecule has 0 saturated heterocycles. The molecule has 0 spiro atoms. The second-order valence-corrected chi connectivity index (χ2v) is 9.53. The Labute approximate surface area is 227 Å². The normalized spacial score (nSPS) is 11.4. The first-order valence-corrected chi connectivity index (χ1v) is 12.6. The zero-order valence-corrected chi connectivity index (χ0v) is 20.9. The summed E-state index contributed by atoms with van der Waals surface area (Å²) in [5.41, 5.74) is 7.04. The van der Waals surface area contributed by atoms with Gasteiger partial charge in [0.2, 0.25) is 5.89 Å². The van der Waals surface area contributed by atoms with Gasteiger partial charge < -0.3 is 4.42 Å². The number of nitrogens with zero attached hydrogens (tertiary/aromatic N) is 2. The molecule has 2 heterocycles. The molecule has 40 heavy (non-hydrogen) atoms. The number of aromatic nitrogens is 2. The number of oxazole rings is 1. The predicted octanol–water partition coefficient (Wildman–Crippen LogP) is 9.46. The molecular weight excluding hydrogens is 509 g/mol. The quantitative estimate of drug-likeness (QED) is 0.214. The highest BCUT2D eigenvalue weighted by atomic mass is 19.2. The van der Waals surface area contributed by atoms with E-state index >= 15 is 0 Å². The summed E-state index contributed by atoms with van der Waals surface area (Å²) in [4.78, 5) is 9.19. The van der Waals surface area contributed by atoms with Gasteiger partial charge in [-0.1, -0.05) is 60.7 Å². The fraction of sp³-hybridized carbons (Fsp3) is 0. The lowest BCUT2D eigenvalue weighted by Gasteiger charge is -2.09. The van der Waals surface area contributed by atoms with Gasteiger partial charge in [0.1, 0.15) is 5.52 Å². The largest absolute Gasteiger partial charge is 0.436 e. The summed E-state index contributed by atoms with van der Waals surface area (Å²) in [6, 6.07) is 33.2. The first-order chi connectivity index (χ1) is 19.5. The first kappa shape index (κ1) is 23.9. The predicted molar refractivity (Wildman–Crippen MR) is 151 cm³/mol. The number of fused-ring (bicyclic) bond motifs is 2. The molecular formula is C34H19F3N2O. The van der Waals surface area contributed by atoms with Crippen LogP contribution < -0.4 is 0 Å². The number of pyridine rings is 1. The van der Waals surface area contributed by atoms with E-state index in [2.05, 4.69) is 34.2 Å². The summed E-state index contributed by atoms with van der Waals surface area (Å²) < 4.78 is 46.5. The Morgan fingerprint density at radius 3 is 1.80 bits per heavy atom. The zero-order chi connectivity index (χ0) is 27.2. The van der Waals surface area contributed by atoms with Crippen LogP contribution in [0, 0.1) is 17.5 Å². The maximum atomic E-state index is 13.7. The molecule has 5 aromatic carbocycles. The van der Waals surface area contributed by atoms with Crippen molar-refractivity contribution < 1.29 is 17.6 Å². The minimum absolute atomic E-state index is 0.282. The molecule has 2 aromatic heterocycles. The minimum Gasteiger partial charge on any atom is -0.436 e. The van der Waals surface area contributed by atoms with Crippen molar-refractivity contribution in [2.24, 2.45) is 0 Å². The standard InChI is InChI=1S/C34H19F3N2O/c35-28-17-27(18-29(36)33(28)37)21-7-5-20(6-8-21)22-9-10-24-16-25(12-11-23(24)15-22)30-14-13-26(19-38-30)34-39-31-3-1-2-4-32(31)40-34/h1-19H. The third kappa shape index (κ3) is 4.29. The Bertz CT molecular complexity index is 1970. The number of hydrogen-bond acceptors (Lipinski definition) is 3. The molecule has 0 bridgehead atoms. The van der Waals surface area contributed by atoms with Gasteiger partial charge in [0.25, 0.3) is 0 Å². The molecule has 0 atom stereocenters. The second kappa shape index (κ2) is 9.50. The Hall–Kier alpha value is -5.23. The molecule has 0 aliphatic rings. The van der Waals surface area contributed by atoms with Crippen molar-refractivity contribution in [1.82, 2.24) is 9.97 Å². The Morgan fingerprint density at radius 1 is 0.525 bits per heavy atom. The van der Waals surface area contributed by atoms with Gasteiger partial charge in [0.15, 0.2) is 23.0 Å². The molecule has 0 N–H and O–H groups in total. The van der Waals surface area contributed by atoms with Crippen LogP contribution in [-0.2, 0) is 0 Å². The van der Waals surface area contributed by atoms with Crippen LogP contribution in [0.1, 0.15) is 0 Å². The molecule has 6 heteroatoms. The van der Waals surface area contributed by atoms with Gasteiger partial charge in [0, 0.05) is 11.8 Å². The van der Waals surface area contributed by atoms with Gasteiger partial charge in [-0.25, -0.2) is 18.2 Å². The molecule has 0 aliphatic carbocycles. The summed E-state index contributed by atoms with van der Waals surface area (Å²) >= 11 is 0. The Morgan fingerprint density at radius 2 is 1.12 bits per heavy atom. The van der Waals surface area contributed by atoms with Gasteiger partial charge in [0.05, 0.1) is 11.3 Å². The third-order valence-electron chi connectivity index (χ3n) is 6.98. The smallest absolute Gasteiger partial charge is 0.228 e. The molecule has 0 aliphatic heterocycles. The summed E-state index contributed by atoms with van der Waals surface area (Å²) in [6.45, 7) is 0. The highest BCUT2D eigenvalue weighted by Crippen LogP contribution is 2.31. The van der Waals surface area contributed by atoms with Crippen molar-refractivity contribution in [3.63, 3.8) is 0 Å². The van der Waals surface area contributed by atoms with Crippen LogP contribution in [0.15, 0.2) is 120 Å². The zero-order valence-electron chi connectivity index (χ0n) is 20.9. The number of rotatable bonds is 4. The van der Waals surface area contributed by atoms with Crippen LogP contribution in [0.25, 0.3) is 66.8 Å². The van der Waals surface area contributed by atoms with Crippen LogP contribution in [-0.4, -0.2) is 9.97 Å². The molecule has 7 rings (SSSR count). The summed E-state index contributed by atoms with van der Waals surface area (Å²) in [5.74, 6) is -3.34. The molecule has 0 fully saturated rings. The third-order valence-corrected chi connectivity index (χ3v) is 6.98. The van der Waals surface area contributed by atoms with E-state index in [1.807, 2.05) is 60.7 Å². The maximum absolute atomic E-state index is 13.7. The fourth-order valence-corrected chi connectivity index (χ4v) is 4.85. The van der Waals surface area contributed by atoms with Crippen molar-refractivity contribution in [3.05, 3.63) is 133 Å². The Kier molecular flexibility index (Phi) is 5.67. The van der Waals surface area contributed by atoms with E-state index in [-0.39, 0.29) is 5.56 Å². The molecule has 3 nitrogen and oxygen atoms in total. The lowest BCUT2D eigenvalue weighted by molar-refractivity contribution is 0.448. The van der Waals surface area contributed by atoms with E-state index in [4.69, 9.17) is 4.42 Å². The van der Waals surface area contributed by atoms with Crippen molar-refractivity contribution >= 4 is 21.9 Å². The lowest BCUT2D eigenvalue weighted by atomic mass is 9.97. The van der Waals surface area contributed by atoms with Crippen LogP contribution in [0.4, 0.5) is 13.2 Å². The van der Waals surface area contributed by atoms with Crippen molar-refractivity contribution in [3.8, 4) is 45.0 Å². The van der Waals surface area contributed by atoms with Crippen molar-refractivity contribution in [2.75, 3.05) is 0 Å². The molecule has 0 saturated carbocycles. The van der Waals surface area contributed by atoms with Crippen LogP contribution in [0.5, 0.6) is 0 Å². The average molecular weight is 529 g/mol. The molecule has 0 amide bonds. The summed E-state index contributed by atoms with van der Waals surface area (Å²) in [7, 11) is 0. The van der Waals surface area contributed by atoms with Crippen LogP contribution in [0.2, 0.25) is 0 Å². The molecule has 7 aromatic rings. The number of benzene rings is 5. The fourth-order valence-electron chi connectivity index (χ4n) is 4.85. The van der Waals surface area contributed by atoms with Crippen LogP contribution in [0.3, 0.4) is 0 Å². The monoisotopic (exact) mass is 528 g/mol. The van der Waals surface area contributed by atoms with E-state index in [0.717, 1.165) is 62.0 Å². The van der Waals surface area contributed by atoms with Gasteiger partial charge >= 0.3 is 0 Å². The van der Waals surface area contributed by atoms with Crippen molar-refractivity contribution in [2.45, 2.75) is 0 Å². The highest BCUT2D eigenvalue weighted by molar-refractivity contribution is 5.90. The highest BCUT2D eigenvalue weighted by Gasteiger charge is 2.12.